The molecule has 7 heteroatoms. The first kappa shape index (κ1) is 21.4. The number of aromatic nitrogens is 3. The lowest BCUT2D eigenvalue weighted by Gasteiger charge is -2.07. The first-order chi connectivity index (χ1) is 16.0. The van der Waals surface area contributed by atoms with Crippen molar-refractivity contribution in [2.24, 2.45) is 0 Å². The molecule has 5 aromatic rings. The smallest absolute Gasteiger partial charge is 0.335 e. The van der Waals surface area contributed by atoms with Crippen molar-refractivity contribution >= 4 is 40.2 Å². The summed E-state index contributed by atoms with van der Waals surface area (Å²) in [5, 5.41) is 15.6. The lowest BCUT2D eigenvalue weighted by molar-refractivity contribution is 0.0696. The maximum absolute atomic E-state index is 11.4. The number of halogens is 1. The fourth-order valence-electron chi connectivity index (χ4n) is 3.96. The van der Waals surface area contributed by atoms with Crippen LogP contribution in [-0.4, -0.2) is 25.4 Å². The second kappa shape index (κ2) is 8.81. The number of carbonyl (C=O) groups is 1. The van der Waals surface area contributed by atoms with E-state index in [4.69, 9.17) is 11.6 Å². The van der Waals surface area contributed by atoms with Crippen molar-refractivity contribution in [2.45, 2.75) is 23.3 Å². The van der Waals surface area contributed by atoms with Crippen LogP contribution in [0.25, 0.3) is 16.6 Å². The zero-order valence-corrected chi connectivity index (χ0v) is 19.3. The molecular weight excluding hydrogens is 454 g/mol. The molecule has 164 valence electrons. The average molecular weight is 474 g/mol. The van der Waals surface area contributed by atoms with Gasteiger partial charge in [-0.1, -0.05) is 65.8 Å². The summed E-state index contributed by atoms with van der Waals surface area (Å²) in [5.41, 5.74) is 4.42. The number of aromatic carboxylic acids is 1. The molecule has 3 aromatic carbocycles. The first-order valence-electron chi connectivity index (χ1n) is 10.4. The van der Waals surface area contributed by atoms with E-state index in [2.05, 4.69) is 28.7 Å². The van der Waals surface area contributed by atoms with Crippen molar-refractivity contribution in [2.75, 3.05) is 0 Å². The van der Waals surface area contributed by atoms with Gasteiger partial charge in [0.1, 0.15) is 0 Å². The van der Waals surface area contributed by atoms with E-state index in [1.165, 1.54) is 5.56 Å². The van der Waals surface area contributed by atoms with Crippen molar-refractivity contribution in [3.05, 3.63) is 107 Å². The van der Waals surface area contributed by atoms with Gasteiger partial charge in [-0.2, -0.15) is 5.10 Å². The highest BCUT2D eigenvalue weighted by Gasteiger charge is 2.18. The summed E-state index contributed by atoms with van der Waals surface area (Å²) >= 11 is 7.91. The Kier molecular flexibility index (Phi) is 5.70. The molecule has 33 heavy (non-hydrogen) atoms. The molecule has 0 saturated heterocycles. The maximum atomic E-state index is 11.4. The summed E-state index contributed by atoms with van der Waals surface area (Å²) in [5.74, 6) is -0.936. The lowest BCUT2D eigenvalue weighted by Crippen LogP contribution is -2.00. The highest BCUT2D eigenvalue weighted by atomic mass is 35.5. The van der Waals surface area contributed by atoms with Crippen molar-refractivity contribution in [1.29, 1.82) is 0 Å². The van der Waals surface area contributed by atoms with Gasteiger partial charge in [0.25, 0.3) is 0 Å². The average Bonchev–Trinajstić information content (AvgIpc) is 3.36. The minimum Gasteiger partial charge on any atom is -0.478 e. The highest BCUT2D eigenvalue weighted by Crippen LogP contribution is 2.40. The Bertz CT molecular complexity index is 1470. The van der Waals surface area contributed by atoms with Gasteiger partial charge in [-0.15, -0.1) is 0 Å². The predicted molar refractivity (Wildman–Crippen MR) is 132 cm³/mol. The van der Waals surface area contributed by atoms with E-state index in [-0.39, 0.29) is 5.56 Å². The molecule has 5 rings (SSSR count). The fraction of sp³-hybridized carbons (Fsp3) is 0.0769. The largest absolute Gasteiger partial charge is 0.478 e. The van der Waals surface area contributed by atoms with E-state index in [1.807, 2.05) is 59.5 Å². The Morgan fingerprint density at radius 3 is 2.67 bits per heavy atom. The van der Waals surface area contributed by atoms with Gasteiger partial charge in [-0.25, -0.2) is 4.79 Å². The molecule has 0 aliphatic rings. The number of carboxylic acids is 1. The zero-order valence-electron chi connectivity index (χ0n) is 17.8. The van der Waals surface area contributed by atoms with Crippen LogP contribution in [-0.2, 0) is 6.54 Å². The number of benzene rings is 3. The van der Waals surface area contributed by atoms with Crippen LogP contribution in [0, 0.1) is 6.92 Å². The van der Waals surface area contributed by atoms with E-state index in [9.17, 15) is 9.90 Å². The zero-order chi connectivity index (χ0) is 22.9. The summed E-state index contributed by atoms with van der Waals surface area (Å²) in [6.07, 6.45) is 3.88. The molecule has 0 unspecified atom stereocenters. The van der Waals surface area contributed by atoms with Gasteiger partial charge in [-0.05, 0) is 42.8 Å². The molecule has 2 aromatic heterocycles. The Balaban J connectivity index is 1.58. The molecule has 5 nitrogen and oxygen atoms in total. The third kappa shape index (κ3) is 4.27. The van der Waals surface area contributed by atoms with E-state index in [1.54, 1.807) is 30.0 Å². The normalized spacial score (nSPS) is 11.2. The molecule has 0 aliphatic carbocycles. The van der Waals surface area contributed by atoms with Crippen LogP contribution in [0.1, 0.15) is 21.6 Å². The fourth-order valence-corrected chi connectivity index (χ4v) is 5.21. The van der Waals surface area contributed by atoms with Crippen LogP contribution in [0.4, 0.5) is 0 Å². The third-order valence-corrected chi connectivity index (χ3v) is 6.92. The molecule has 0 aliphatic heterocycles. The molecule has 0 saturated carbocycles. The summed E-state index contributed by atoms with van der Waals surface area (Å²) < 4.78 is 4.07. The summed E-state index contributed by atoms with van der Waals surface area (Å²) in [6.45, 7) is 2.75. The van der Waals surface area contributed by atoms with Crippen molar-refractivity contribution < 1.29 is 9.90 Å². The van der Waals surface area contributed by atoms with Crippen molar-refractivity contribution in [3.63, 3.8) is 0 Å². The van der Waals surface area contributed by atoms with Crippen molar-refractivity contribution in [1.82, 2.24) is 14.3 Å². The van der Waals surface area contributed by atoms with Crippen LogP contribution in [0.3, 0.4) is 0 Å². The SMILES string of the molecule is Cc1c(Sc2cccc(C(=O)O)c2)c2ccc(Cl)cc2n1-c1cnn(Cc2ccccc2)c1. The molecule has 0 spiro atoms. The van der Waals surface area contributed by atoms with Gasteiger partial charge in [-0.3, -0.25) is 4.68 Å². The van der Waals surface area contributed by atoms with Crippen LogP contribution in [0.15, 0.2) is 95.0 Å². The van der Waals surface area contributed by atoms with Gasteiger partial charge < -0.3 is 9.67 Å². The van der Waals surface area contributed by atoms with E-state index < -0.39 is 5.97 Å². The third-order valence-electron chi connectivity index (χ3n) is 5.48. The minimum atomic E-state index is -0.936. The molecule has 0 atom stereocenters. The number of hydrogen-bond acceptors (Lipinski definition) is 3. The second-order valence-corrected chi connectivity index (χ2v) is 9.25. The van der Waals surface area contributed by atoms with Gasteiger partial charge in [0.2, 0.25) is 0 Å². The van der Waals surface area contributed by atoms with Crippen LogP contribution >= 0.6 is 23.4 Å². The van der Waals surface area contributed by atoms with E-state index in [0.717, 1.165) is 32.1 Å². The quantitative estimate of drug-likeness (QED) is 0.298. The Hall–Kier alpha value is -3.48. The minimum absolute atomic E-state index is 0.270. The molecule has 0 bridgehead atoms. The molecule has 0 amide bonds. The molecule has 2 heterocycles. The van der Waals surface area contributed by atoms with Crippen LogP contribution in [0.5, 0.6) is 0 Å². The number of carboxylic acid groups (broad SMARTS) is 1. The monoisotopic (exact) mass is 473 g/mol. The Labute approximate surface area is 200 Å². The van der Waals surface area contributed by atoms with E-state index in [0.29, 0.717) is 11.6 Å². The Morgan fingerprint density at radius 2 is 1.88 bits per heavy atom. The van der Waals surface area contributed by atoms with Crippen LogP contribution in [0.2, 0.25) is 5.02 Å². The molecule has 1 N–H and O–H groups in total. The molecule has 0 fully saturated rings. The Morgan fingerprint density at radius 1 is 1.06 bits per heavy atom. The van der Waals surface area contributed by atoms with Gasteiger partial charge >= 0.3 is 5.97 Å². The number of hydrogen-bond donors (Lipinski definition) is 1. The number of rotatable bonds is 6. The molecular formula is C26H20ClN3O2S. The number of nitrogens with zero attached hydrogens (tertiary/aromatic N) is 3. The summed E-state index contributed by atoms with van der Waals surface area (Å²) in [6, 6.07) is 23.0. The van der Waals surface area contributed by atoms with Crippen molar-refractivity contribution in [3.8, 4) is 5.69 Å². The van der Waals surface area contributed by atoms with Gasteiger partial charge in [0.15, 0.2) is 0 Å². The second-order valence-electron chi connectivity index (χ2n) is 7.73. The van der Waals surface area contributed by atoms with E-state index >= 15 is 0 Å². The standard InChI is InChI=1S/C26H20ClN3O2S/c1-17-25(33-22-9-5-8-19(12-22)26(31)32)23-11-10-20(27)13-24(23)30(17)21-14-28-29(16-21)15-18-6-3-2-4-7-18/h2-14,16H,15H2,1H3,(H,31,32). The number of fused-ring (bicyclic) bond motifs is 1. The first-order valence-corrected chi connectivity index (χ1v) is 11.6. The van der Waals surface area contributed by atoms with Crippen LogP contribution < -0.4 is 0 Å². The predicted octanol–water partition coefficient (Wildman–Crippen LogP) is 6.69. The lowest BCUT2D eigenvalue weighted by atomic mass is 10.2. The summed E-state index contributed by atoms with van der Waals surface area (Å²) in [4.78, 5) is 13.3. The highest BCUT2D eigenvalue weighted by molar-refractivity contribution is 7.99. The van der Waals surface area contributed by atoms with Gasteiger partial charge in [0, 0.05) is 32.1 Å². The summed E-state index contributed by atoms with van der Waals surface area (Å²) in [7, 11) is 0. The maximum Gasteiger partial charge on any atom is 0.335 e. The topological polar surface area (TPSA) is 60.0 Å². The molecule has 0 radical (unpaired) electrons. The van der Waals surface area contributed by atoms with Gasteiger partial charge in [0.05, 0.1) is 29.5 Å².